The molecule has 1 aromatic carbocycles. The van der Waals surface area contributed by atoms with Gasteiger partial charge >= 0.3 is 11.7 Å². The number of para-hydroxylation sites is 1. The van der Waals surface area contributed by atoms with Gasteiger partial charge in [0.15, 0.2) is 0 Å². The van der Waals surface area contributed by atoms with Gasteiger partial charge in [-0.15, -0.1) is 0 Å². The standard InChI is InChI=1S/C11H9ClN2O5/c12-7-2-1-3-8(10(7)14(18)19)13-5-6(11(16)17)4-9(13)15/h1-3,6H,4-5H2,(H,16,17). The molecule has 1 heterocycles. The van der Waals surface area contributed by atoms with E-state index in [9.17, 15) is 19.7 Å². The van der Waals surface area contributed by atoms with Crippen molar-refractivity contribution in [2.45, 2.75) is 6.42 Å². The normalized spacial score (nSPS) is 18.7. The Hall–Kier alpha value is -2.15. The minimum absolute atomic E-state index is 0.0336. The highest BCUT2D eigenvalue weighted by Gasteiger charge is 2.38. The fourth-order valence-electron chi connectivity index (χ4n) is 2.01. The maximum Gasteiger partial charge on any atom is 0.311 e. The monoisotopic (exact) mass is 284 g/mol. The number of hydrogen-bond acceptors (Lipinski definition) is 4. The maximum atomic E-state index is 11.8. The van der Waals surface area contributed by atoms with E-state index in [1.54, 1.807) is 0 Å². The van der Waals surface area contributed by atoms with Crippen LogP contribution in [0.3, 0.4) is 0 Å². The quantitative estimate of drug-likeness (QED) is 0.672. The highest BCUT2D eigenvalue weighted by atomic mass is 35.5. The molecule has 1 aliphatic heterocycles. The Balaban J connectivity index is 2.43. The van der Waals surface area contributed by atoms with Crippen LogP contribution in [0.15, 0.2) is 18.2 Å². The number of carbonyl (C=O) groups excluding carboxylic acids is 1. The SMILES string of the molecule is O=C(O)C1CC(=O)N(c2cccc(Cl)c2[N+](=O)[O-])C1. The molecule has 100 valence electrons. The molecular weight excluding hydrogens is 276 g/mol. The predicted octanol–water partition coefficient (Wildman–Crippen LogP) is 1.69. The van der Waals surface area contributed by atoms with Crippen molar-refractivity contribution in [3.8, 4) is 0 Å². The number of halogens is 1. The number of carboxylic acid groups (broad SMARTS) is 1. The number of anilines is 1. The van der Waals surface area contributed by atoms with Gasteiger partial charge in [0.25, 0.3) is 0 Å². The summed E-state index contributed by atoms with van der Waals surface area (Å²) in [5.41, 5.74) is -0.352. The number of amides is 1. The Morgan fingerprint density at radius 2 is 2.21 bits per heavy atom. The first-order valence-electron chi connectivity index (χ1n) is 5.38. The number of benzene rings is 1. The van der Waals surface area contributed by atoms with Gasteiger partial charge in [0.1, 0.15) is 10.7 Å². The van der Waals surface area contributed by atoms with E-state index in [4.69, 9.17) is 16.7 Å². The second kappa shape index (κ2) is 4.85. The van der Waals surface area contributed by atoms with Gasteiger partial charge in [-0.1, -0.05) is 17.7 Å². The zero-order chi connectivity index (χ0) is 14.2. The highest BCUT2D eigenvalue weighted by Crippen LogP contribution is 2.37. The first kappa shape index (κ1) is 13.3. The first-order chi connectivity index (χ1) is 8.91. The summed E-state index contributed by atoms with van der Waals surface area (Å²) in [6, 6.07) is 4.20. The van der Waals surface area contributed by atoms with Crippen molar-refractivity contribution in [1.29, 1.82) is 0 Å². The Morgan fingerprint density at radius 1 is 1.53 bits per heavy atom. The summed E-state index contributed by atoms with van der Waals surface area (Å²) < 4.78 is 0. The number of aliphatic carboxylic acids is 1. The van der Waals surface area contributed by atoms with E-state index < -0.39 is 22.7 Å². The topological polar surface area (TPSA) is 101 Å². The van der Waals surface area contributed by atoms with Crippen molar-refractivity contribution < 1.29 is 19.6 Å². The van der Waals surface area contributed by atoms with Gasteiger partial charge in [-0.2, -0.15) is 0 Å². The van der Waals surface area contributed by atoms with Gasteiger partial charge in [-0.05, 0) is 12.1 Å². The van der Waals surface area contributed by atoms with Gasteiger partial charge in [-0.25, -0.2) is 0 Å². The van der Waals surface area contributed by atoms with E-state index in [1.165, 1.54) is 18.2 Å². The van der Waals surface area contributed by atoms with Crippen LogP contribution in [0.25, 0.3) is 0 Å². The highest BCUT2D eigenvalue weighted by molar-refractivity contribution is 6.33. The summed E-state index contributed by atoms with van der Waals surface area (Å²) in [6.45, 7) is -0.0879. The fourth-order valence-corrected chi connectivity index (χ4v) is 2.25. The molecule has 1 N–H and O–H groups in total. The van der Waals surface area contributed by atoms with E-state index in [2.05, 4.69) is 0 Å². The third-order valence-corrected chi connectivity index (χ3v) is 3.22. The van der Waals surface area contributed by atoms with Gasteiger partial charge in [0, 0.05) is 13.0 Å². The van der Waals surface area contributed by atoms with E-state index in [-0.39, 0.29) is 29.4 Å². The van der Waals surface area contributed by atoms with Crippen LogP contribution >= 0.6 is 11.6 Å². The lowest BCUT2D eigenvalue weighted by Crippen LogP contribution is -2.26. The lowest BCUT2D eigenvalue weighted by atomic mass is 10.1. The van der Waals surface area contributed by atoms with Crippen molar-refractivity contribution >= 4 is 34.9 Å². The van der Waals surface area contributed by atoms with E-state index in [1.807, 2.05) is 0 Å². The van der Waals surface area contributed by atoms with Crippen LogP contribution in [0.5, 0.6) is 0 Å². The van der Waals surface area contributed by atoms with Crippen molar-refractivity contribution in [2.24, 2.45) is 5.92 Å². The van der Waals surface area contributed by atoms with E-state index >= 15 is 0 Å². The number of rotatable bonds is 3. The van der Waals surface area contributed by atoms with E-state index in [0.717, 1.165) is 4.90 Å². The second-order valence-corrected chi connectivity index (χ2v) is 4.52. The number of carbonyl (C=O) groups is 2. The van der Waals surface area contributed by atoms with Gasteiger partial charge in [0.2, 0.25) is 5.91 Å². The smallest absolute Gasteiger partial charge is 0.311 e. The first-order valence-corrected chi connectivity index (χ1v) is 5.75. The molecule has 0 spiro atoms. The molecule has 8 heteroatoms. The van der Waals surface area contributed by atoms with Crippen LogP contribution in [-0.2, 0) is 9.59 Å². The molecule has 2 rings (SSSR count). The molecule has 1 aliphatic rings. The van der Waals surface area contributed by atoms with Crippen LogP contribution < -0.4 is 4.90 Å². The number of hydrogen-bond donors (Lipinski definition) is 1. The second-order valence-electron chi connectivity index (χ2n) is 4.11. The third kappa shape index (κ3) is 2.37. The molecule has 1 saturated heterocycles. The lowest BCUT2D eigenvalue weighted by molar-refractivity contribution is -0.383. The summed E-state index contributed by atoms with van der Waals surface area (Å²) in [5, 5.41) is 19.8. The molecule has 19 heavy (non-hydrogen) atoms. The van der Waals surface area contributed by atoms with Crippen molar-refractivity contribution in [1.82, 2.24) is 0 Å². The fraction of sp³-hybridized carbons (Fsp3) is 0.273. The Labute approximate surface area is 112 Å². The molecule has 1 atom stereocenters. The summed E-state index contributed by atoms with van der Waals surface area (Å²) in [4.78, 5) is 34.1. The molecule has 0 radical (unpaired) electrons. The van der Waals surface area contributed by atoms with Crippen LogP contribution in [0.1, 0.15) is 6.42 Å². The number of nitro benzene ring substituents is 1. The molecule has 7 nitrogen and oxygen atoms in total. The Morgan fingerprint density at radius 3 is 2.74 bits per heavy atom. The third-order valence-electron chi connectivity index (χ3n) is 2.91. The van der Waals surface area contributed by atoms with Crippen molar-refractivity contribution in [3.63, 3.8) is 0 Å². The average Bonchev–Trinajstić information content (AvgIpc) is 2.70. The van der Waals surface area contributed by atoms with Gasteiger partial charge < -0.3 is 10.0 Å². The minimum atomic E-state index is -1.10. The maximum absolute atomic E-state index is 11.8. The Kier molecular flexibility index (Phi) is 3.39. The largest absolute Gasteiger partial charge is 0.481 e. The Bertz CT molecular complexity index is 574. The zero-order valence-electron chi connectivity index (χ0n) is 9.58. The molecule has 0 aliphatic carbocycles. The van der Waals surface area contributed by atoms with Crippen LogP contribution in [0, 0.1) is 16.0 Å². The summed E-state index contributed by atoms with van der Waals surface area (Å²) in [6.07, 6.45) is -0.168. The molecule has 1 amide bonds. The molecule has 0 aromatic heterocycles. The van der Waals surface area contributed by atoms with Crippen LogP contribution in [0.4, 0.5) is 11.4 Å². The summed E-state index contributed by atoms with van der Waals surface area (Å²) in [5.74, 6) is -2.41. The van der Waals surface area contributed by atoms with Crippen LogP contribution in [-0.4, -0.2) is 28.5 Å². The number of carboxylic acids is 1. The van der Waals surface area contributed by atoms with Gasteiger partial charge in [0.05, 0.1) is 10.8 Å². The lowest BCUT2D eigenvalue weighted by Gasteiger charge is -2.16. The predicted molar refractivity (Wildman–Crippen MR) is 66.2 cm³/mol. The molecule has 1 fully saturated rings. The van der Waals surface area contributed by atoms with Crippen molar-refractivity contribution in [2.75, 3.05) is 11.4 Å². The molecule has 0 bridgehead atoms. The summed E-state index contributed by atoms with van der Waals surface area (Å²) in [7, 11) is 0. The summed E-state index contributed by atoms with van der Waals surface area (Å²) >= 11 is 5.75. The van der Waals surface area contributed by atoms with Crippen LogP contribution in [0.2, 0.25) is 5.02 Å². The molecule has 1 aromatic rings. The minimum Gasteiger partial charge on any atom is -0.481 e. The molecular formula is C11H9ClN2O5. The number of nitrogens with zero attached hydrogens (tertiary/aromatic N) is 2. The number of nitro groups is 1. The molecule has 0 saturated carbocycles. The zero-order valence-corrected chi connectivity index (χ0v) is 10.3. The molecule has 1 unspecified atom stereocenters. The van der Waals surface area contributed by atoms with Crippen molar-refractivity contribution in [3.05, 3.63) is 33.3 Å². The van der Waals surface area contributed by atoms with E-state index in [0.29, 0.717) is 0 Å². The average molecular weight is 285 g/mol. The van der Waals surface area contributed by atoms with Gasteiger partial charge in [-0.3, -0.25) is 19.7 Å².